The molecule has 1 fully saturated rings. The highest BCUT2D eigenvalue weighted by molar-refractivity contribution is 6.01. The molecule has 0 radical (unpaired) electrons. The number of nitrogens with zero attached hydrogens (tertiary/aromatic N) is 6. The van der Waals surface area contributed by atoms with E-state index in [1.807, 2.05) is 48.7 Å². The zero-order valence-corrected chi connectivity index (χ0v) is 16.3. The monoisotopic (exact) mass is 399 g/mol. The molecular weight excluding hydrogens is 378 g/mol. The number of hydrogen-bond donors (Lipinski definition) is 1. The Hall–Kier alpha value is -3.81. The molecule has 8 heteroatoms. The van der Waals surface area contributed by atoms with E-state index >= 15 is 0 Å². The van der Waals surface area contributed by atoms with Crippen LogP contribution in [-0.4, -0.2) is 43.7 Å². The van der Waals surface area contributed by atoms with E-state index in [0.29, 0.717) is 12.4 Å². The number of para-hydroxylation sites is 1. The van der Waals surface area contributed by atoms with Gasteiger partial charge in [0.25, 0.3) is 0 Å². The second kappa shape index (κ2) is 7.90. The lowest BCUT2D eigenvalue weighted by Crippen LogP contribution is -2.41. The first-order chi connectivity index (χ1) is 14.8. The Morgan fingerprint density at radius 2 is 1.90 bits per heavy atom. The highest BCUT2D eigenvalue weighted by Crippen LogP contribution is 2.25. The van der Waals surface area contributed by atoms with Crippen molar-refractivity contribution in [3.63, 3.8) is 0 Å². The normalized spacial score (nSPS) is 16.5. The molecule has 0 bridgehead atoms. The molecule has 30 heavy (non-hydrogen) atoms. The third-order valence-electron chi connectivity index (χ3n) is 5.41. The Morgan fingerprint density at radius 3 is 2.73 bits per heavy atom. The minimum Gasteiger partial charge on any atom is -0.354 e. The summed E-state index contributed by atoms with van der Waals surface area (Å²) >= 11 is 0. The molecule has 0 spiro atoms. The van der Waals surface area contributed by atoms with Gasteiger partial charge >= 0.3 is 0 Å². The number of benzene rings is 1. The summed E-state index contributed by atoms with van der Waals surface area (Å²) in [6.45, 7) is 1.47. The number of anilines is 2. The molecule has 1 atom stereocenters. The van der Waals surface area contributed by atoms with Gasteiger partial charge in [0.15, 0.2) is 11.6 Å². The highest BCUT2D eigenvalue weighted by Gasteiger charge is 2.27. The smallest absolute Gasteiger partial charge is 0.229 e. The first-order valence-electron chi connectivity index (χ1n) is 9.99. The summed E-state index contributed by atoms with van der Waals surface area (Å²) < 4.78 is 1.81. The first-order valence-corrected chi connectivity index (χ1v) is 9.99. The van der Waals surface area contributed by atoms with Crippen molar-refractivity contribution in [2.75, 3.05) is 23.3 Å². The van der Waals surface area contributed by atoms with Gasteiger partial charge in [0.2, 0.25) is 5.91 Å². The van der Waals surface area contributed by atoms with Gasteiger partial charge < -0.3 is 10.2 Å². The second-order valence-electron chi connectivity index (χ2n) is 7.37. The van der Waals surface area contributed by atoms with Crippen molar-refractivity contribution in [2.24, 2.45) is 5.92 Å². The van der Waals surface area contributed by atoms with Crippen LogP contribution in [-0.2, 0) is 4.79 Å². The molecule has 3 aromatic heterocycles. The van der Waals surface area contributed by atoms with Crippen LogP contribution in [0.3, 0.4) is 0 Å². The number of aromatic nitrogens is 5. The maximum atomic E-state index is 13.0. The van der Waals surface area contributed by atoms with Gasteiger partial charge in [-0.15, -0.1) is 10.2 Å². The molecule has 4 aromatic rings. The van der Waals surface area contributed by atoms with Crippen LogP contribution in [0.5, 0.6) is 0 Å². The van der Waals surface area contributed by atoms with Gasteiger partial charge in [-0.25, -0.2) is 4.98 Å². The molecule has 1 aromatic carbocycles. The number of hydrogen-bond acceptors (Lipinski definition) is 6. The van der Waals surface area contributed by atoms with Crippen LogP contribution in [0.15, 0.2) is 67.4 Å². The van der Waals surface area contributed by atoms with E-state index in [2.05, 4.69) is 30.4 Å². The average Bonchev–Trinajstić information content (AvgIpc) is 3.35. The number of fused-ring (bicyclic) bond motifs is 1. The molecule has 5 rings (SSSR count). The number of carbonyl (C=O) groups is 1. The Morgan fingerprint density at radius 1 is 1.03 bits per heavy atom. The van der Waals surface area contributed by atoms with Crippen LogP contribution in [0.1, 0.15) is 12.8 Å². The van der Waals surface area contributed by atoms with Crippen molar-refractivity contribution in [1.29, 1.82) is 0 Å². The fourth-order valence-electron chi connectivity index (χ4n) is 3.86. The molecule has 0 aliphatic carbocycles. The minimum absolute atomic E-state index is 0.0147. The van der Waals surface area contributed by atoms with Gasteiger partial charge in [-0.1, -0.05) is 18.2 Å². The third kappa shape index (κ3) is 3.59. The summed E-state index contributed by atoms with van der Waals surface area (Å²) in [4.78, 5) is 23.6. The average molecular weight is 399 g/mol. The quantitative estimate of drug-likeness (QED) is 0.567. The van der Waals surface area contributed by atoms with E-state index in [1.165, 1.54) is 0 Å². The molecule has 1 saturated heterocycles. The van der Waals surface area contributed by atoms with Crippen molar-refractivity contribution >= 4 is 28.3 Å². The van der Waals surface area contributed by atoms with Crippen molar-refractivity contribution in [1.82, 2.24) is 24.7 Å². The third-order valence-corrected chi connectivity index (χ3v) is 5.41. The number of carbonyl (C=O) groups excluding carboxylic acids is 1. The number of piperidine rings is 1. The zero-order valence-electron chi connectivity index (χ0n) is 16.3. The van der Waals surface area contributed by atoms with Gasteiger partial charge in [-0.3, -0.25) is 14.3 Å². The summed E-state index contributed by atoms with van der Waals surface area (Å²) in [6, 6.07) is 13.6. The molecule has 8 nitrogen and oxygen atoms in total. The Labute approximate surface area is 173 Å². The molecule has 4 heterocycles. The Bertz CT molecular complexity index is 1150. The van der Waals surface area contributed by atoms with Crippen LogP contribution in [0, 0.1) is 5.92 Å². The van der Waals surface area contributed by atoms with Crippen molar-refractivity contribution in [3.8, 4) is 5.82 Å². The van der Waals surface area contributed by atoms with E-state index in [-0.39, 0.29) is 11.8 Å². The molecule has 150 valence electrons. The molecule has 1 unspecified atom stereocenters. The van der Waals surface area contributed by atoms with E-state index in [0.717, 1.165) is 41.8 Å². The number of nitrogens with one attached hydrogen (secondary N) is 1. The maximum absolute atomic E-state index is 13.0. The highest BCUT2D eigenvalue weighted by atomic mass is 16.1. The van der Waals surface area contributed by atoms with Gasteiger partial charge in [0.05, 0.1) is 17.1 Å². The zero-order chi connectivity index (χ0) is 20.3. The van der Waals surface area contributed by atoms with Gasteiger partial charge in [0, 0.05) is 37.1 Å². The number of amides is 1. The lowest BCUT2D eigenvalue weighted by Gasteiger charge is -2.32. The fraction of sp³-hybridized carbons (Fsp3) is 0.227. The topological polar surface area (TPSA) is 88.8 Å². The van der Waals surface area contributed by atoms with Crippen molar-refractivity contribution in [2.45, 2.75) is 12.8 Å². The number of imidazole rings is 1. The SMILES string of the molecule is O=C(Nc1cccc2cccnc12)C1CCCN(c2ccc(-n3ccnc3)nn2)C1. The first kappa shape index (κ1) is 18.2. The van der Waals surface area contributed by atoms with Crippen LogP contribution >= 0.6 is 0 Å². The van der Waals surface area contributed by atoms with Crippen molar-refractivity contribution in [3.05, 3.63) is 67.4 Å². The summed E-state index contributed by atoms with van der Waals surface area (Å²) in [6.07, 6.45) is 8.74. The van der Waals surface area contributed by atoms with E-state index in [1.54, 1.807) is 23.3 Å². The number of pyridine rings is 1. The summed E-state index contributed by atoms with van der Waals surface area (Å²) in [7, 11) is 0. The molecular formula is C22H21N7O. The molecule has 1 N–H and O–H groups in total. The largest absolute Gasteiger partial charge is 0.354 e. The van der Waals surface area contributed by atoms with Crippen LogP contribution in [0.25, 0.3) is 16.7 Å². The summed E-state index contributed by atoms with van der Waals surface area (Å²) in [5.41, 5.74) is 1.56. The number of rotatable bonds is 4. The fourth-order valence-corrected chi connectivity index (χ4v) is 3.86. The standard InChI is InChI=1S/C22H21N7O/c30-22(25-18-7-1-4-16-5-2-10-24-21(16)18)17-6-3-12-28(14-17)19-8-9-20(27-26-19)29-13-11-23-15-29/h1-2,4-5,7-11,13,15,17H,3,6,12,14H2,(H,25,30). The van der Waals surface area contributed by atoms with E-state index < -0.39 is 0 Å². The summed E-state index contributed by atoms with van der Waals surface area (Å²) in [5.74, 6) is 1.39. The minimum atomic E-state index is -0.118. The van der Waals surface area contributed by atoms with Crippen molar-refractivity contribution < 1.29 is 4.79 Å². The van der Waals surface area contributed by atoms with Crippen LogP contribution < -0.4 is 10.2 Å². The van der Waals surface area contributed by atoms with Gasteiger partial charge in [-0.05, 0) is 37.1 Å². The molecule has 1 aliphatic rings. The molecule has 1 amide bonds. The van der Waals surface area contributed by atoms with Gasteiger partial charge in [0.1, 0.15) is 6.33 Å². The van der Waals surface area contributed by atoms with E-state index in [4.69, 9.17) is 0 Å². The predicted octanol–water partition coefficient (Wildman–Crippen LogP) is 3.07. The van der Waals surface area contributed by atoms with Gasteiger partial charge in [-0.2, -0.15) is 0 Å². The lowest BCUT2D eigenvalue weighted by atomic mass is 9.97. The molecule has 0 saturated carbocycles. The Kier molecular flexibility index (Phi) is 4.80. The lowest BCUT2D eigenvalue weighted by molar-refractivity contribution is -0.120. The predicted molar refractivity (Wildman–Crippen MR) is 114 cm³/mol. The Balaban J connectivity index is 1.29. The second-order valence-corrected chi connectivity index (χ2v) is 7.37. The van der Waals surface area contributed by atoms with E-state index in [9.17, 15) is 4.79 Å². The van der Waals surface area contributed by atoms with Crippen LogP contribution in [0.2, 0.25) is 0 Å². The maximum Gasteiger partial charge on any atom is 0.229 e. The van der Waals surface area contributed by atoms with Crippen LogP contribution in [0.4, 0.5) is 11.5 Å². The molecule has 1 aliphatic heterocycles. The summed E-state index contributed by atoms with van der Waals surface area (Å²) in [5, 5.41) is 12.7.